The number of para-hydroxylation sites is 1. The summed E-state index contributed by atoms with van der Waals surface area (Å²) in [5, 5.41) is 2.05. The maximum absolute atomic E-state index is 13.6. The Bertz CT molecular complexity index is 1120. The molecule has 1 aliphatic heterocycles. The van der Waals surface area contributed by atoms with Crippen LogP contribution in [0, 0.1) is 5.82 Å². The van der Waals surface area contributed by atoms with E-state index in [-0.39, 0.29) is 30.4 Å². The Morgan fingerprint density at radius 1 is 1.15 bits per heavy atom. The molecule has 2 heterocycles. The van der Waals surface area contributed by atoms with E-state index in [2.05, 4.69) is 11.4 Å². The van der Waals surface area contributed by atoms with Gasteiger partial charge in [-0.15, -0.1) is 11.3 Å². The quantitative estimate of drug-likeness (QED) is 0.438. The van der Waals surface area contributed by atoms with Crippen LogP contribution in [0.4, 0.5) is 4.39 Å². The number of halogens is 1. The van der Waals surface area contributed by atoms with Gasteiger partial charge in [0.2, 0.25) is 5.91 Å². The summed E-state index contributed by atoms with van der Waals surface area (Å²) in [7, 11) is 0. The average molecular weight is 481 g/mol. The van der Waals surface area contributed by atoms with Crippen molar-refractivity contribution in [1.29, 1.82) is 0 Å². The van der Waals surface area contributed by atoms with Crippen molar-refractivity contribution < 1.29 is 18.7 Å². The topological polar surface area (TPSA) is 49.9 Å². The van der Waals surface area contributed by atoms with Gasteiger partial charge in [-0.25, -0.2) is 4.39 Å². The van der Waals surface area contributed by atoms with Crippen LogP contribution in [0.1, 0.15) is 47.1 Å². The van der Waals surface area contributed by atoms with Crippen LogP contribution in [0.15, 0.2) is 66.0 Å². The lowest BCUT2D eigenvalue weighted by atomic mass is 10.00. The normalized spacial score (nSPS) is 16.0. The van der Waals surface area contributed by atoms with Crippen molar-refractivity contribution in [2.45, 2.75) is 38.8 Å². The van der Waals surface area contributed by atoms with E-state index in [1.165, 1.54) is 29.1 Å². The molecule has 7 heteroatoms. The third-order valence-electron chi connectivity index (χ3n) is 6.35. The zero-order valence-electron chi connectivity index (χ0n) is 19.4. The van der Waals surface area contributed by atoms with Gasteiger partial charge in [-0.1, -0.05) is 25.1 Å². The minimum Gasteiger partial charge on any atom is -0.491 e. The SMILES string of the molecule is CCC(C)N(CC(=O)N1CCc2sccc2C1COc1ccccc1)C(=O)c1ccc(F)cc1. The standard InChI is InChI=1S/C27H29FN2O3S/c1-3-19(2)30(27(32)20-9-11-21(28)12-10-20)17-26(31)29-15-13-25-23(14-16-34-25)24(29)18-33-22-7-5-4-6-8-22/h4-12,14,16,19,24H,3,13,15,17-18H2,1-2H3. The molecular formula is C27H29FN2O3S. The summed E-state index contributed by atoms with van der Waals surface area (Å²) >= 11 is 1.70. The molecule has 34 heavy (non-hydrogen) atoms. The van der Waals surface area contributed by atoms with E-state index in [4.69, 9.17) is 4.74 Å². The van der Waals surface area contributed by atoms with Crippen LogP contribution in [0.3, 0.4) is 0 Å². The van der Waals surface area contributed by atoms with Gasteiger partial charge in [0.15, 0.2) is 0 Å². The van der Waals surface area contributed by atoms with Crippen LogP contribution in [-0.2, 0) is 11.2 Å². The molecule has 0 saturated heterocycles. The fourth-order valence-corrected chi connectivity index (χ4v) is 5.14. The molecule has 2 amide bonds. The smallest absolute Gasteiger partial charge is 0.254 e. The third kappa shape index (κ3) is 5.30. The predicted molar refractivity (Wildman–Crippen MR) is 132 cm³/mol. The second-order valence-corrected chi connectivity index (χ2v) is 9.47. The second-order valence-electron chi connectivity index (χ2n) is 8.47. The Morgan fingerprint density at radius 3 is 2.59 bits per heavy atom. The molecule has 0 radical (unpaired) electrons. The van der Waals surface area contributed by atoms with Crippen LogP contribution >= 0.6 is 11.3 Å². The summed E-state index contributed by atoms with van der Waals surface area (Å²) in [5.41, 5.74) is 1.48. The molecule has 0 fully saturated rings. The van der Waals surface area contributed by atoms with Crippen molar-refractivity contribution in [1.82, 2.24) is 9.80 Å². The van der Waals surface area contributed by atoms with Crippen molar-refractivity contribution in [3.63, 3.8) is 0 Å². The fourth-order valence-electron chi connectivity index (χ4n) is 4.21. The number of fused-ring (bicyclic) bond motifs is 1. The van der Waals surface area contributed by atoms with E-state index in [0.29, 0.717) is 25.1 Å². The summed E-state index contributed by atoms with van der Waals surface area (Å²) < 4.78 is 19.4. The molecule has 0 saturated carbocycles. The molecule has 5 nitrogen and oxygen atoms in total. The molecule has 2 unspecified atom stereocenters. The lowest BCUT2D eigenvalue weighted by Crippen LogP contribution is -2.49. The van der Waals surface area contributed by atoms with Crippen molar-refractivity contribution in [2.75, 3.05) is 19.7 Å². The molecule has 178 valence electrons. The number of carbonyl (C=O) groups excluding carboxylic acids is 2. The second kappa shape index (κ2) is 10.8. The number of benzene rings is 2. The Labute approximate surface area is 203 Å². The van der Waals surface area contributed by atoms with E-state index in [9.17, 15) is 14.0 Å². The zero-order chi connectivity index (χ0) is 24.1. The summed E-state index contributed by atoms with van der Waals surface area (Å²) in [6.45, 7) is 4.79. The average Bonchev–Trinajstić information content (AvgIpc) is 3.35. The van der Waals surface area contributed by atoms with Gasteiger partial charge < -0.3 is 14.5 Å². The molecule has 1 aliphatic rings. The molecule has 4 rings (SSSR count). The number of nitrogens with zero attached hydrogens (tertiary/aromatic N) is 2. The first-order valence-electron chi connectivity index (χ1n) is 11.6. The number of carbonyl (C=O) groups is 2. The number of hydrogen-bond donors (Lipinski definition) is 0. The van der Waals surface area contributed by atoms with Gasteiger partial charge in [0.05, 0.1) is 6.04 Å². The summed E-state index contributed by atoms with van der Waals surface area (Å²) in [4.78, 5) is 31.5. The number of ether oxygens (including phenoxy) is 1. The molecule has 2 aromatic carbocycles. The van der Waals surface area contributed by atoms with E-state index in [1.807, 2.05) is 49.1 Å². The molecule has 0 aliphatic carbocycles. The van der Waals surface area contributed by atoms with Crippen molar-refractivity contribution in [3.05, 3.63) is 87.9 Å². The van der Waals surface area contributed by atoms with Crippen LogP contribution in [0.2, 0.25) is 0 Å². The van der Waals surface area contributed by atoms with Gasteiger partial charge in [0.25, 0.3) is 5.91 Å². The van der Waals surface area contributed by atoms with Gasteiger partial charge in [-0.3, -0.25) is 9.59 Å². The number of hydrogen-bond acceptors (Lipinski definition) is 4. The first-order valence-corrected chi connectivity index (χ1v) is 12.5. The monoisotopic (exact) mass is 480 g/mol. The van der Waals surface area contributed by atoms with Crippen LogP contribution in [0.25, 0.3) is 0 Å². The Kier molecular flexibility index (Phi) is 7.63. The molecule has 2 atom stereocenters. The van der Waals surface area contributed by atoms with Crippen molar-refractivity contribution in [2.24, 2.45) is 0 Å². The van der Waals surface area contributed by atoms with Crippen LogP contribution < -0.4 is 4.74 Å². The Morgan fingerprint density at radius 2 is 1.88 bits per heavy atom. The largest absolute Gasteiger partial charge is 0.491 e. The zero-order valence-corrected chi connectivity index (χ0v) is 20.3. The Hall–Kier alpha value is -3.19. The van der Waals surface area contributed by atoms with Crippen molar-refractivity contribution >= 4 is 23.2 Å². The molecule has 3 aromatic rings. The maximum Gasteiger partial charge on any atom is 0.254 e. The van der Waals surface area contributed by atoms with E-state index < -0.39 is 5.82 Å². The summed E-state index contributed by atoms with van der Waals surface area (Å²) in [5.74, 6) is -0.0314. The fraction of sp³-hybridized carbons (Fsp3) is 0.333. The highest BCUT2D eigenvalue weighted by molar-refractivity contribution is 7.10. The highest BCUT2D eigenvalue weighted by atomic mass is 32.1. The van der Waals surface area contributed by atoms with Gasteiger partial charge in [0.1, 0.15) is 24.7 Å². The minimum atomic E-state index is -0.399. The maximum atomic E-state index is 13.6. The highest BCUT2D eigenvalue weighted by Crippen LogP contribution is 2.34. The van der Waals surface area contributed by atoms with E-state index in [1.54, 1.807) is 16.2 Å². The number of thiophene rings is 1. The third-order valence-corrected chi connectivity index (χ3v) is 7.34. The van der Waals surface area contributed by atoms with E-state index >= 15 is 0 Å². The van der Waals surface area contributed by atoms with Crippen molar-refractivity contribution in [3.8, 4) is 5.75 Å². The van der Waals surface area contributed by atoms with Gasteiger partial charge in [0, 0.05) is 23.0 Å². The lowest BCUT2D eigenvalue weighted by molar-refractivity contribution is -0.136. The molecule has 1 aromatic heterocycles. The Balaban J connectivity index is 1.54. The minimum absolute atomic E-state index is 0.0352. The highest BCUT2D eigenvalue weighted by Gasteiger charge is 2.34. The number of amides is 2. The van der Waals surface area contributed by atoms with E-state index in [0.717, 1.165) is 17.7 Å². The van der Waals surface area contributed by atoms with Gasteiger partial charge in [-0.05, 0) is 73.2 Å². The molecular weight excluding hydrogens is 451 g/mol. The molecule has 0 N–H and O–H groups in total. The van der Waals surface area contributed by atoms with Crippen LogP contribution in [-0.4, -0.2) is 47.4 Å². The van der Waals surface area contributed by atoms with Crippen LogP contribution in [0.5, 0.6) is 5.75 Å². The lowest BCUT2D eigenvalue weighted by Gasteiger charge is -2.38. The number of rotatable bonds is 8. The molecule has 0 bridgehead atoms. The molecule has 0 spiro atoms. The first kappa shape index (κ1) is 24.0. The predicted octanol–water partition coefficient (Wildman–Crippen LogP) is 5.33. The van der Waals surface area contributed by atoms with Gasteiger partial charge in [-0.2, -0.15) is 0 Å². The van der Waals surface area contributed by atoms with Gasteiger partial charge >= 0.3 is 0 Å². The summed E-state index contributed by atoms with van der Waals surface area (Å²) in [6.07, 6.45) is 1.49. The first-order chi connectivity index (χ1) is 16.5. The summed E-state index contributed by atoms with van der Waals surface area (Å²) in [6, 6.07) is 16.7.